The first kappa shape index (κ1) is 24.6. The molecule has 1 aliphatic heterocycles. The van der Waals surface area contributed by atoms with Gasteiger partial charge in [0.05, 0.1) is 30.2 Å². The van der Waals surface area contributed by atoms with Crippen LogP contribution in [0.2, 0.25) is 0 Å². The molecule has 2 fully saturated rings. The Morgan fingerprint density at radius 3 is 2.53 bits per heavy atom. The van der Waals surface area contributed by atoms with Gasteiger partial charge in [0.1, 0.15) is 5.67 Å². The molecule has 3 unspecified atom stereocenters. The van der Waals surface area contributed by atoms with E-state index in [9.17, 15) is 10.1 Å². The number of halogens is 1. The number of carbonyl (C=O) groups is 1. The smallest absolute Gasteiger partial charge is 0.237 e. The molecule has 0 aromatic heterocycles. The predicted octanol–water partition coefficient (Wildman–Crippen LogP) is 3.51. The Balaban J connectivity index is 1.75. The van der Waals surface area contributed by atoms with E-state index in [0.29, 0.717) is 12.0 Å². The SMILES string of the molecule is COC1C(C)CC2(Cc3ccc(C#N)cc3C2C(=O)N(CC2(F)CCOCC2)C(=N)N)CC1C. The molecule has 184 valence electrons. The third-order valence-electron chi connectivity index (χ3n) is 8.23. The Labute approximate surface area is 200 Å². The Hall–Kier alpha value is -2.50. The summed E-state index contributed by atoms with van der Waals surface area (Å²) in [7, 11) is 1.73. The number of fused-ring (bicyclic) bond motifs is 1. The van der Waals surface area contributed by atoms with Crippen LogP contribution in [0.1, 0.15) is 62.1 Å². The van der Waals surface area contributed by atoms with Crippen LogP contribution in [0.5, 0.6) is 0 Å². The van der Waals surface area contributed by atoms with Crippen LogP contribution in [0, 0.1) is 34.0 Å². The van der Waals surface area contributed by atoms with E-state index in [1.165, 1.54) is 0 Å². The summed E-state index contributed by atoms with van der Waals surface area (Å²) in [4.78, 5) is 15.3. The van der Waals surface area contributed by atoms with Crippen molar-refractivity contribution in [1.82, 2.24) is 4.90 Å². The van der Waals surface area contributed by atoms with Crippen molar-refractivity contribution in [3.8, 4) is 6.07 Å². The number of ether oxygens (including phenoxy) is 2. The fraction of sp³-hybridized carbons (Fsp3) is 0.654. The van der Waals surface area contributed by atoms with Crippen LogP contribution in [-0.4, -0.2) is 55.4 Å². The van der Waals surface area contributed by atoms with Crippen molar-refractivity contribution in [3.05, 3.63) is 34.9 Å². The van der Waals surface area contributed by atoms with E-state index < -0.39 is 23.0 Å². The second-order valence-electron chi connectivity index (χ2n) is 10.6. The van der Waals surface area contributed by atoms with Crippen molar-refractivity contribution in [1.29, 1.82) is 10.7 Å². The average molecular weight is 471 g/mol. The van der Waals surface area contributed by atoms with Crippen LogP contribution in [0.15, 0.2) is 18.2 Å². The van der Waals surface area contributed by atoms with Gasteiger partial charge in [0.15, 0.2) is 5.96 Å². The molecule has 1 saturated carbocycles. The van der Waals surface area contributed by atoms with Crippen molar-refractivity contribution in [2.45, 2.75) is 63.6 Å². The summed E-state index contributed by atoms with van der Waals surface area (Å²) in [6.07, 6.45) is 2.67. The minimum absolute atomic E-state index is 0.0972. The largest absolute Gasteiger partial charge is 0.381 e. The van der Waals surface area contributed by atoms with Crippen LogP contribution < -0.4 is 5.73 Å². The van der Waals surface area contributed by atoms with Gasteiger partial charge in [-0.1, -0.05) is 19.9 Å². The van der Waals surface area contributed by atoms with E-state index in [0.717, 1.165) is 28.9 Å². The Morgan fingerprint density at radius 1 is 1.32 bits per heavy atom. The molecule has 7 nitrogen and oxygen atoms in total. The first-order valence-corrected chi connectivity index (χ1v) is 12.1. The second-order valence-corrected chi connectivity index (χ2v) is 10.6. The number of nitrogens with two attached hydrogens (primary N) is 1. The van der Waals surface area contributed by atoms with E-state index in [-0.39, 0.29) is 56.4 Å². The molecule has 1 aromatic rings. The zero-order valence-electron chi connectivity index (χ0n) is 20.3. The van der Waals surface area contributed by atoms with Gasteiger partial charge >= 0.3 is 0 Å². The van der Waals surface area contributed by atoms with Crippen LogP contribution >= 0.6 is 0 Å². The fourth-order valence-electron chi connectivity index (χ4n) is 6.92. The van der Waals surface area contributed by atoms with Crippen molar-refractivity contribution in [2.75, 3.05) is 26.9 Å². The maximum atomic E-state index is 15.6. The molecule has 1 heterocycles. The normalized spacial score (nSPS) is 32.1. The average Bonchev–Trinajstić information content (AvgIpc) is 3.08. The van der Waals surface area contributed by atoms with Gasteiger partial charge in [-0.25, -0.2) is 4.39 Å². The summed E-state index contributed by atoms with van der Waals surface area (Å²) < 4.78 is 26.7. The highest BCUT2D eigenvalue weighted by molar-refractivity contribution is 5.99. The Morgan fingerprint density at radius 2 is 1.97 bits per heavy atom. The highest BCUT2D eigenvalue weighted by Gasteiger charge is 2.56. The number of guanidine groups is 1. The molecular weight excluding hydrogens is 435 g/mol. The number of nitrogens with one attached hydrogen (secondary N) is 1. The third kappa shape index (κ3) is 4.32. The molecule has 3 aliphatic rings. The lowest BCUT2D eigenvalue weighted by atomic mass is 9.59. The second kappa shape index (κ2) is 9.27. The zero-order chi connectivity index (χ0) is 24.7. The number of amides is 1. The topological polar surface area (TPSA) is 112 Å². The number of alkyl halides is 1. The summed E-state index contributed by atoms with van der Waals surface area (Å²) in [5, 5.41) is 17.7. The lowest BCUT2D eigenvalue weighted by Gasteiger charge is -2.48. The van der Waals surface area contributed by atoms with Gasteiger partial charge in [-0.2, -0.15) is 5.26 Å². The molecule has 2 aliphatic carbocycles. The third-order valence-corrected chi connectivity index (χ3v) is 8.23. The number of methoxy groups -OCH3 is 1. The minimum atomic E-state index is -1.64. The van der Waals surface area contributed by atoms with Gasteiger partial charge in [-0.3, -0.25) is 15.1 Å². The lowest BCUT2D eigenvalue weighted by Crippen LogP contribution is -2.54. The number of carbonyl (C=O) groups excluding carboxylic acids is 1. The molecule has 0 radical (unpaired) electrons. The standard InChI is InChI=1S/C26H35FN4O3/c1-16-11-25(12-17(2)22(16)33-3)13-19-5-4-18(14-28)10-20(19)21(25)23(32)31(24(29)30)15-26(27)6-8-34-9-7-26/h4-5,10,16-17,21-22H,6-9,11-13,15H2,1-3H3,(H3,29,30). The van der Waals surface area contributed by atoms with Crippen LogP contribution in [0.25, 0.3) is 0 Å². The molecule has 3 N–H and O–H groups in total. The molecule has 34 heavy (non-hydrogen) atoms. The molecule has 1 spiro atoms. The van der Waals surface area contributed by atoms with Gasteiger partial charge in [-0.15, -0.1) is 0 Å². The van der Waals surface area contributed by atoms with E-state index in [4.69, 9.17) is 20.6 Å². The van der Waals surface area contributed by atoms with Gasteiger partial charge in [-0.05, 0) is 59.8 Å². The van der Waals surface area contributed by atoms with Crippen molar-refractivity contribution >= 4 is 11.9 Å². The molecular formula is C26H35FN4O3. The van der Waals surface area contributed by atoms with Crippen molar-refractivity contribution < 1.29 is 18.7 Å². The van der Waals surface area contributed by atoms with Gasteiger partial charge in [0.25, 0.3) is 0 Å². The zero-order valence-corrected chi connectivity index (χ0v) is 20.3. The van der Waals surface area contributed by atoms with Crippen LogP contribution in [0.4, 0.5) is 4.39 Å². The number of hydrogen-bond acceptors (Lipinski definition) is 5. The summed E-state index contributed by atoms with van der Waals surface area (Å²) in [5.74, 6) is -0.934. The van der Waals surface area contributed by atoms with E-state index in [1.807, 2.05) is 6.07 Å². The monoisotopic (exact) mass is 470 g/mol. The maximum Gasteiger partial charge on any atom is 0.237 e. The molecule has 0 bridgehead atoms. The first-order valence-electron chi connectivity index (χ1n) is 12.1. The van der Waals surface area contributed by atoms with Crippen LogP contribution in [-0.2, 0) is 20.7 Å². The lowest BCUT2D eigenvalue weighted by molar-refractivity contribution is -0.138. The molecule has 8 heteroatoms. The number of rotatable bonds is 4. The molecule has 3 atom stereocenters. The molecule has 1 aromatic carbocycles. The summed E-state index contributed by atoms with van der Waals surface area (Å²) in [5.41, 5.74) is 6.19. The van der Waals surface area contributed by atoms with E-state index in [2.05, 4.69) is 19.9 Å². The number of hydrogen-bond donors (Lipinski definition) is 2. The number of nitriles is 1. The summed E-state index contributed by atoms with van der Waals surface area (Å²) >= 11 is 0. The number of nitrogens with zero attached hydrogens (tertiary/aromatic N) is 2. The fourth-order valence-corrected chi connectivity index (χ4v) is 6.92. The van der Waals surface area contributed by atoms with Gasteiger partial charge in [0.2, 0.25) is 5.91 Å². The molecule has 1 amide bonds. The van der Waals surface area contributed by atoms with Crippen molar-refractivity contribution in [2.24, 2.45) is 23.0 Å². The quantitative estimate of drug-likeness (QED) is 0.517. The minimum Gasteiger partial charge on any atom is -0.381 e. The van der Waals surface area contributed by atoms with Gasteiger partial charge < -0.3 is 15.2 Å². The van der Waals surface area contributed by atoms with Crippen molar-refractivity contribution in [3.63, 3.8) is 0 Å². The highest BCUT2D eigenvalue weighted by atomic mass is 19.1. The number of benzene rings is 1. The van der Waals surface area contributed by atoms with E-state index >= 15 is 4.39 Å². The predicted molar refractivity (Wildman–Crippen MR) is 126 cm³/mol. The maximum absolute atomic E-state index is 15.6. The molecule has 1 saturated heterocycles. The highest BCUT2D eigenvalue weighted by Crippen LogP contribution is 2.58. The first-order chi connectivity index (χ1) is 16.1. The Bertz CT molecular complexity index is 988. The van der Waals surface area contributed by atoms with E-state index in [1.54, 1.807) is 19.2 Å². The van der Waals surface area contributed by atoms with Gasteiger partial charge in [0, 0.05) is 33.2 Å². The molecule has 4 rings (SSSR count). The van der Waals surface area contributed by atoms with Crippen LogP contribution in [0.3, 0.4) is 0 Å². The summed E-state index contributed by atoms with van der Waals surface area (Å²) in [6.45, 7) is 4.61. The Kier molecular flexibility index (Phi) is 6.71. The summed E-state index contributed by atoms with van der Waals surface area (Å²) in [6, 6.07) is 7.70.